The van der Waals surface area contributed by atoms with Gasteiger partial charge in [0.05, 0.1) is 29.5 Å². The molecule has 0 aliphatic carbocycles. The summed E-state index contributed by atoms with van der Waals surface area (Å²) in [7, 11) is 2.00. The van der Waals surface area contributed by atoms with Crippen LogP contribution in [-0.4, -0.2) is 40.1 Å². The Balaban J connectivity index is 1.67. The number of thiophene rings is 1. The summed E-state index contributed by atoms with van der Waals surface area (Å²) >= 11 is 1.64. The van der Waals surface area contributed by atoms with E-state index in [0.29, 0.717) is 25.5 Å². The lowest BCUT2D eigenvalue weighted by Crippen LogP contribution is -2.44. The van der Waals surface area contributed by atoms with Gasteiger partial charge in [0.25, 0.3) is 5.91 Å². The number of hydrogen-bond donors (Lipinski definition) is 1. The Bertz CT molecular complexity index is 788. The molecule has 1 aliphatic rings. The predicted octanol–water partition coefficient (Wildman–Crippen LogP) is 2.78. The molecule has 1 fully saturated rings. The van der Waals surface area contributed by atoms with Crippen molar-refractivity contribution in [3.8, 4) is 0 Å². The molecule has 0 unspecified atom stereocenters. The first-order valence-corrected chi connectivity index (χ1v) is 8.18. The summed E-state index contributed by atoms with van der Waals surface area (Å²) in [6.07, 6.45) is 2.00. The van der Waals surface area contributed by atoms with Crippen LogP contribution in [0.3, 0.4) is 0 Å². The van der Waals surface area contributed by atoms with Gasteiger partial charge in [-0.1, -0.05) is 0 Å². The topological polar surface area (TPSA) is 50.3 Å². The van der Waals surface area contributed by atoms with E-state index in [2.05, 4.69) is 4.98 Å². The van der Waals surface area contributed by atoms with Crippen molar-refractivity contribution in [2.45, 2.75) is 6.04 Å². The van der Waals surface area contributed by atoms with Crippen molar-refractivity contribution in [1.29, 1.82) is 0 Å². The lowest BCUT2D eigenvalue weighted by Gasteiger charge is -2.35. The van der Waals surface area contributed by atoms with Gasteiger partial charge >= 0.3 is 0 Å². The second-order valence-corrected chi connectivity index (χ2v) is 6.46. The maximum Gasteiger partial charge on any atom is 0.271 e. The van der Waals surface area contributed by atoms with Crippen LogP contribution >= 0.6 is 11.3 Å². The van der Waals surface area contributed by atoms with Gasteiger partial charge in [0.1, 0.15) is 5.69 Å². The number of nitrogens with one attached hydrogen (secondary N) is 1. The molecule has 1 atom stereocenters. The summed E-state index contributed by atoms with van der Waals surface area (Å²) in [5.41, 5.74) is 2.78. The highest BCUT2D eigenvalue weighted by Gasteiger charge is 2.31. The second kappa shape index (κ2) is 5.30. The smallest absolute Gasteiger partial charge is 0.271 e. The number of fused-ring (bicyclic) bond motifs is 1. The monoisotopic (exact) mass is 315 g/mol. The molecule has 0 radical (unpaired) electrons. The number of carbonyl (C=O) groups is 1. The molecule has 6 heteroatoms. The number of ether oxygens (including phenoxy) is 1. The minimum atomic E-state index is -0.0393. The van der Waals surface area contributed by atoms with E-state index in [1.54, 1.807) is 11.3 Å². The maximum absolute atomic E-state index is 12.9. The van der Waals surface area contributed by atoms with Crippen molar-refractivity contribution in [2.24, 2.45) is 7.05 Å². The summed E-state index contributed by atoms with van der Waals surface area (Å²) in [6, 6.07) is 7.96. The lowest BCUT2D eigenvalue weighted by atomic mass is 10.1. The molecule has 4 rings (SSSR count). The van der Waals surface area contributed by atoms with Gasteiger partial charge in [0, 0.05) is 25.5 Å². The van der Waals surface area contributed by atoms with Crippen molar-refractivity contribution in [3.05, 3.63) is 47.2 Å². The van der Waals surface area contributed by atoms with Gasteiger partial charge in [-0.05, 0) is 29.6 Å². The van der Waals surface area contributed by atoms with Crippen LogP contribution in [0.5, 0.6) is 0 Å². The molecule has 0 saturated carbocycles. The number of amides is 1. The Morgan fingerprint density at radius 2 is 2.36 bits per heavy atom. The van der Waals surface area contributed by atoms with Gasteiger partial charge in [-0.25, -0.2) is 0 Å². The van der Waals surface area contributed by atoms with Gasteiger partial charge in [-0.2, -0.15) is 0 Å². The van der Waals surface area contributed by atoms with Crippen molar-refractivity contribution in [1.82, 2.24) is 14.5 Å². The number of nitrogens with zero attached hydrogens (tertiary/aromatic N) is 2. The number of aromatic amines is 1. The molecule has 0 aromatic carbocycles. The Morgan fingerprint density at radius 1 is 1.45 bits per heavy atom. The van der Waals surface area contributed by atoms with Crippen LogP contribution in [0.15, 0.2) is 35.8 Å². The molecule has 114 valence electrons. The molecular formula is C16H17N3O2S. The minimum Gasteiger partial charge on any atom is -0.377 e. The van der Waals surface area contributed by atoms with Crippen LogP contribution in [0.1, 0.15) is 22.2 Å². The van der Waals surface area contributed by atoms with E-state index in [-0.39, 0.29) is 11.9 Å². The Labute approximate surface area is 132 Å². The van der Waals surface area contributed by atoms with Crippen molar-refractivity contribution in [3.63, 3.8) is 0 Å². The molecule has 0 spiro atoms. The van der Waals surface area contributed by atoms with E-state index in [4.69, 9.17) is 4.74 Å². The Morgan fingerprint density at radius 3 is 3.14 bits per heavy atom. The first-order chi connectivity index (χ1) is 10.7. The third-order valence-electron chi connectivity index (χ3n) is 4.19. The maximum atomic E-state index is 12.9. The van der Waals surface area contributed by atoms with E-state index in [9.17, 15) is 4.79 Å². The fourth-order valence-electron chi connectivity index (χ4n) is 3.03. The first kappa shape index (κ1) is 13.6. The fourth-order valence-corrected chi connectivity index (χ4v) is 3.81. The van der Waals surface area contributed by atoms with Gasteiger partial charge < -0.3 is 19.2 Å². The van der Waals surface area contributed by atoms with Gasteiger partial charge in [0.15, 0.2) is 0 Å². The van der Waals surface area contributed by atoms with Crippen LogP contribution in [0, 0.1) is 0 Å². The first-order valence-electron chi connectivity index (χ1n) is 7.30. The predicted molar refractivity (Wildman–Crippen MR) is 86.2 cm³/mol. The number of aryl methyl sites for hydroxylation is 1. The average Bonchev–Trinajstić information content (AvgIpc) is 3.21. The highest BCUT2D eigenvalue weighted by molar-refractivity contribution is 7.17. The molecule has 1 N–H and O–H groups in total. The van der Waals surface area contributed by atoms with Crippen LogP contribution in [0.25, 0.3) is 10.2 Å². The molecule has 1 saturated heterocycles. The van der Waals surface area contributed by atoms with E-state index >= 15 is 0 Å². The molecule has 5 nitrogen and oxygen atoms in total. The second-order valence-electron chi connectivity index (χ2n) is 5.51. The molecule has 4 heterocycles. The van der Waals surface area contributed by atoms with Gasteiger partial charge in [0.2, 0.25) is 0 Å². The fraction of sp³-hybridized carbons (Fsp3) is 0.312. The highest BCUT2D eigenvalue weighted by atomic mass is 32.1. The van der Waals surface area contributed by atoms with Crippen LogP contribution in [-0.2, 0) is 11.8 Å². The number of aromatic nitrogens is 2. The zero-order chi connectivity index (χ0) is 15.1. The molecule has 1 aliphatic heterocycles. The van der Waals surface area contributed by atoms with E-state index in [1.165, 1.54) is 0 Å². The van der Waals surface area contributed by atoms with Crippen molar-refractivity contribution < 1.29 is 9.53 Å². The Kier molecular flexibility index (Phi) is 3.28. The van der Waals surface area contributed by atoms with Gasteiger partial charge in [-0.15, -0.1) is 11.3 Å². The van der Waals surface area contributed by atoms with E-state index in [0.717, 1.165) is 15.9 Å². The number of hydrogen-bond acceptors (Lipinski definition) is 3. The Hall–Kier alpha value is -2.05. The summed E-state index contributed by atoms with van der Waals surface area (Å²) in [4.78, 5) is 18.1. The number of H-pyrrole nitrogens is 1. The summed E-state index contributed by atoms with van der Waals surface area (Å²) in [6.45, 7) is 1.74. The standard InChI is InChI=1S/C16H17N3O2S/c1-18-5-2-3-13(18)14-10-21-7-6-19(14)16(20)12-9-15-11(17-12)4-8-22-15/h2-5,8-9,14,17H,6-7,10H2,1H3/t14-/m1/s1. The number of morpholine rings is 1. The third kappa shape index (κ3) is 2.15. The summed E-state index contributed by atoms with van der Waals surface area (Å²) in [5, 5.41) is 2.02. The normalized spacial score (nSPS) is 19.0. The molecule has 3 aromatic rings. The molecule has 1 amide bonds. The quantitative estimate of drug-likeness (QED) is 0.790. The molecular weight excluding hydrogens is 298 g/mol. The number of rotatable bonds is 2. The molecule has 22 heavy (non-hydrogen) atoms. The largest absolute Gasteiger partial charge is 0.377 e. The van der Waals surface area contributed by atoms with Crippen LogP contribution < -0.4 is 0 Å². The zero-order valence-corrected chi connectivity index (χ0v) is 13.1. The van der Waals surface area contributed by atoms with E-state index in [1.807, 2.05) is 52.4 Å². The van der Waals surface area contributed by atoms with E-state index < -0.39 is 0 Å². The lowest BCUT2D eigenvalue weighted by molar-refractivity contribution is -0.00488. The summed E-state index contributed by atoms with van der Waals surface area (Å²) in [5.74, 6) is 0.0397. The van der Waals surface area contributed by atoms with Crippen molar-refractivity contribution in [2.75, 3.05) is 19.8 Å². The van der Waals surface area contributed by atoms with Gasteiger partial charge in [-0.3, -0.25) is 4.79 Å². The van der Waals surface area contributed by atoms with Crippen LogP contribution in [0.4, 0.5) is 0 Å². The average molecular weight is 315 g/mol. The summed E-state index contributed by atoms with van der Waals surface area (Å²) < 4.78 is 8.77. The highest BCUT2D eigenvalue weighted by Crippen LogP contribution is 2.28. The molecule has 3 aromatic heterocycles. The molecule has 0 bridgehead atoms. The third-order valence-corrected chi connectivity index (χ3v) is 5.05. The number of carbonyl (C=O) groups excluding carboxylic acids is 1. The SMILES string of the molecule is Cn1cccc1[C@H]1COCCN1C(=O)c1cc2sccc2[nH]1. The van der Waals surface area contributed by atoms with Crippen molar-refractivity contribution >= 4 is 27.5 Å². The zero-order valence-electron chi connectivity index (χ0n) is 12.3. The van der Waals surface area contributed by atoms with Crippen LogP contribution in [0.2, 0.25) is 0 Å². The minimum absolute atomic E-state index is 0.0393.